The van der Waals surface area contributed by atoms with E-state index in [9.17, 15) is 35.1 Å². The zero-order valence-electron chi connectivity index (χ0n) is 40.5. The largest absolute Gasteiger partial charge is 0.459 e. The molecule has 2 aliphatic heterocycles. The number of hydrogen-bond acceptors (Lipinski definition) is 11. The molecule has 2 rings (SSSR count). The molecule has 14 atom stereocenters. The van der Waals surface area contributed by atoms with Crippen LogP contribution in [0.15, 0.2) is 72.9 Å². The molecule has 63 heavy (non-hydrogen) atoms. The maximum absolute atomic E-state index is 14.1. The van der Waals surface area contributed by atoms with E-state index in [0.717, 1.165) is 38.5 Å². The Balaban J connectivity index is 2.24. The van der Waals surface area contributed by atoms with Crippen molar-refractivity contribution in [1.82, 2.24) is 9.80 Å². The standard InChI is InChI=1S/C51H86N2O10/c1-12-14-15-16-17-18-19-20-21-22-23-24-25-26-27-28-29-30-31-32-43(54)53-35-36(3)34-50(8,59)47(63-49-45(56)41(52(10)11)33-37(4)61-49)38(5)44(55)39(6)48(58)62-42(13-2)51(9,60)46(57)40(53)7/h14-15,17-18,20-21,23-24,26-27,29-30,36-42,44-47,49,55-57,59-60H,12-13,16,19,22,25,28,31-35H2,1-11H3/t36-,37-,38+,39-,40-,41+,42-,44+,45-,46-,47-,49+,50-,51-/m1/s1. The number of rotatable bonds is 18. The quantitative estimate of drug-likeness (QED) is 0.0690. The molecule has 2 fully saturated rings. The molecule has 0 unspecified atom stereocenters. The molecule has 5 N–H and O–H groups in total. The van der Waals surface area contributed by atoms with E-state index in [2.05, 4.69) is 67.7 Å². The summed E-state index contributed by atoms with van der Waals surface area (Å²) in [4.78, 5) is 31.2. The molecule has 2 saturated heterocycles. The molecular formula is C51H86N2O10. The smallest absolute Gasteiger partial charge is 0.311 e. The third-order valence-corrected chi connectivity index (χ3v) is 12.6. The molecule has 360 valence electrons. The number of ether oxygens (including phenoxy) is 3. The third kappa shape index (κ3) is 18.1. The van der Waals surface area contributed by atoms with Crippen LogP contribution in [0.25, 0.3) is 0 Å². The van der Waals surface area contributed by atoms with Crippen molar-refractivity contribution >= 4 is 11.9 Å². The van der Waals surface area contributed by atoms with Crippen LogP contribution in [0.3, 0.4) is 0 Å². The summed E-state index contributed by atoms with van der Waals surface area (Å²) in [6, 6.07) is -1.20. The SMILES string of the molecule is CCC=CCC=CCC=CCC=CCC=CCC=CCCC(=O)N1C[C@H](C)C[C@@](C)(O)[C@H](O[C@@H]2O[C@H](C)C[C@H](N(C)C)[C@H]2O)[C@@H](C)[C@H](O)[C@@H](C)C(=O)O[C@H](CC)[C@@](C)(O)[C@H](O)[C@H]1C. The maximum atomic E-state index is 14.1. The molecule has 0 radical (unpaired) electrons. The summed E-state index contributed by atoms with van der Waals surface area (Å²) < 4.78 is 18.4. The van der Waals surface area contributed by atoms with E-state index < -0.39 is 71.9 Å². The van der Waals surface area contributed by atoms with Gasteiger partial charge in [-0.2, -0.15) is 0 Å². The fraction of sp³-hybridized carbons (Fsp3) is 0.725. The van der Waals surface area contributed by atoms with Crippen LogP contribution in [-0.4, -0.2) is 134 Å². The Morgan fingerprint density at radius 1 is 0.810 bits per heavy atom. The van der Waals surface area contributed by atoms with Crippen LogP contribution in [0.1, 0.15) is 133 Å². The monoisotopic (exact) mass is 887 g/mol. The summed E-state index contributed by atoms with van der Waals surface area (Å²) in [5, 5.41) is 59.0. The van der Waals surface area contributed by atoms with Crippen molar-refractivity contribution in [1.29, 1.82) is 0 Å². The van der Waals surface area contributed by atoms with Crippen LogP contribution in [0.4, 0.5) is 0 Å². The highest BCUT2D eigenvalue weighted by Crippen LogP contribution is 2.37. The summed E-state index contributed by atoms with van der Waals surface area (Å²) in [5.74, 6) is -3.43. The van der Waals surface area contributed by atoms with E-state index in [1.54, 1.807) is 32.6 Å². The highest BCUT2D eigenvalue weighted by atomic mass is 16.7. The number of aliphatic hydroxyl groups excluding tert-OH is 3. The Morgan fingerprint density at radius 2 is 1.32 bits per heavy atom. The molecule has 12 heteroatoms. The van der Waals surface area contributed by atoms with Gasteiger partial charge in [-0.3, -0.25) is 9.59 Å². The molecule has 1 amide bonds. The van der Waals surface area contributed by atoms with Crippen molar-refractivity contribution in [2.45, 2.75) is 199 Å². The van der Waals surface area contributed by atoms with Gasteiger partial charge in [-0.05, 0) is 119 Å². The minimum absolute atomic E-state index is 0.0801. The van der Waals surface area contributed by atoms with Gasteiger partial charge in [0, 0.05) is 24.9 Å². The lowest BCUT2D eigenvalue weighted by Crippen LogP contribution is -2.60. The zero-order chi connectivity index (χ0) is 47.3. The number of nitrogens with zero attached hydrogens (tertiary/aromatic N) is 2. The lowest BCUT2D eigenvalue weighted by atomic mass is 9.78. The molecule has 0 aromatic rings. The number of aliphatic hydroxyl groups is 5. The predicted octanol–water partition coefficient (Wildman–Crippen LogP) is 7.35. The van der Waals surface area contributed by atoms with Gasteiger partial charge in [-0.1, -0.05) is 101 Å². The molecule has 0 bridgehead atoms. The van der Waals surface area contributed by atoms with Crippen molar-refractivity contribution in [2.24, 2.45) is 17.8 Å². The molecule has 2 heterocycles. The van der Waals surface area contributed by atoms with Gasteiger partial charge in [0.25, 0.3) is 0 Å². The third-order valence-electron chi connectivity index (χ3n) is 12.6. The lowest BCUT2D eigenvalue weighted by molar-refractivity contribution is -0.299. The van der Waals surface area contributed by atoms with Crippen LogP contribution < -0.4 is 0 Å². The number of cyclic esters (lactones) is 1. The van der Waals surface area contributed by atoms with E-state index in [0.29, 0.717) is 12.8 Å². The van der Waals surface area contributed by atoms with Crippen LogP contribution in [0.5, 0.6) is 0 Å². The van der Waals surface area contributed by atoms with Gasteiger partial charge in [0.1, 0.15) is 23.9 Å². The van der Waals surface area contributed by atoms with E-state index in [4.69, 9.17) is 14.2 Å². The molecular weight excluding hydrogens is 801 g/mol. The number of esters is 1. The molecule has 0 aromatic carbocycles. The average Bonchev–Trinajstić information content (AvgIpc) is 3.23. The van der Waals surface area contributed by atoms with Crippen LogP contribution >= 0.6 is 0 Å². The minimum Gasteiger partial charge on any atom is -0.459 e. The second kappa shape index (κ2) is 28.2. The average molecular weight is 887 g/mol. The van der Waals surface area contributed by atoms with Gasteiger partial charge in [0.2, 0.25) is 5.91 Å². The van der Waals surface area contributed by atoms with Gasteiger partial charge in [0.05, 0.1) is 35.9 Å². The van der Waals surface area contributed by atoms with Crippen molar-refractivity contribution < 1.29 is 49.3 Å². The number of allylic oxidation sites excluding steroid dienone is 12. The Labute approximate surface area is 380 Å². The number of carbonyl (C=O) groups is 2. The Bertz CT molecular complexity index is 1520. The number of amides is 1. The highest BCUT2D eigenvalue weighted by Gasteiger charge is 2.50. The summed E-state index contributed by atoms with van der Waals surface area (Å²) in [6.45, 7) is 15.6. The van der Waals surface area contributed by atoms with Crippen molar-refractivity contribution in [2.75, 3.05) is 20.6 Å². The van der Waals surface area contributed by atoms with E-state index in [1.807, 2.05) is 45.0 Å². The first-order valence-corrected chi connectivity index (χ1v) is 23.6. The van der Waals surface area contributed by atoms with Crippen LogP contribution in [-0.2, 0) is 23.8 Å². The van der Waals surface area contributed by atoms with E-state index in [-0.39, 0.29) is 49.8 Å². The second-order valence-corrected chi connectivity index (χ2v) is 18.7. The fourth-order valence-corrected chi connectivity index (χ4v) is 8.83. The molecule has 0 saturated carbocycles. The minimum atomic E-state index is -1.96. The first-order valence-electron chi connectivity index (χ1n) is 23.6. The molecule has 0 aliphatic carbocycles. The summed E-state index contributed by atoms with van der Waals surface area (Å²) in [5.41, 5.74) is -3.63. The Kier molecular flexibility index (Phi) is 25.1. The van der Waals surface area contributed by atoms with Crippen molar-refractivity contribution in [3.63, 3.8) is 0 Å². The number of hydrogen-bond donors (Lipinski definition) is 5. The first-order chi connectivity index (χ1) is 29.7. The van der Waals surface area contributed by atoms with Gasteiger partial charge < -0.3 is 49.5 Å². The van der Waals surface area contributed by atoms with Crippen molar-refractivity contribution in [3.05, 3.63) is 72.9 Å². The van der Waals surface area contributed by atoms with Gasteiger partial charge in [-0.25, -0.2) is 0 Å². The second-order valence-electron chi connectivity index (χ2n) is 18.7. The summed E-state index contributed by atoms with van der Waals surface area (Å²) in [6.07, 6.45) is 24.7. The maximum Gasteiger partial charge on any atom is 0.311 e. The van der Waals surface area contributed by atoms with Crippen LogP contribution in [0.2, 0.25) is 0 Å². The molecule has 0 aromatic heterocycles. The fourth-order valence-electron chi connectivity index (χ4n) is 8.83. The highest BCUT2D eigenvalue weighted by molar-refractivity contribution is 5.77. The summed E-state index contributed by atoms with van der Waals surface area (Å²) >= 11 is 0. The van der Waals surface area contributed by atoms with Crippen molar-refractivity contribution in [3.8, 4) is 0 Å². The van der Waals surface area contributed by atoms with E-state index in [1.165, 1.54) is 13.8 Å². The lowest BCUT2D eigenvalue weighted by Gasteiger charge is -2.46. The Morgan fingerprint density at radius 3 is 1.81 bits per heavy atom. The summed E-state index contributed by atoms with van der Waals surface area (Å²) in [7, 11) is 3.72. The molecule has 12 nitrogen and oxygen atoms in total. The van der Waals surface area contributed by atoms with Gasteiger partial charge in [0.15, 0.2) is 6.29 Å². The first kappa shape index (κ1) is 56.2. The molecule has 0 spiro atoms. The van der Waals surface area contributed by atoms with Gasteiger partial charge in [-0.15, -0.1) is 0 Å². The normalized spacial score (nSPS) is 36.1. The topological polar surface area (TPSA) is 169 Å². The molecule has 2 aliphatic rings. The Hall–Kier alpha value is -2.94. The van der Waals surface area contributed by atoms with E-state index >= 15 is 0 Å². The zero-order valence-corrected chi connectivity index (χ0v) is 40.5. The number of carbonyl (C=O) groups excluding carboxylic acids is 2. The van der Waals surface area contributed by atoms with Gasteiger partial charge >= 0.3 is 5.97 Å². The predicted molar refractivity (Wildman–Crippen MR) is 251 cm³/mol. The van der Waals surface area contributed by atoms with Crippen LogP contribution in [0, 0.1) is 17.8 Å². The number of likely N-dealkylation sites (N-methyl/N-ethyl adjacent to an activating group) is 1.